The summed E-state index contributed by atoms with van der Waals surface area (Å²) in [5.74, 6) is -0.314. The number of piperidine rings is 1. The molecule has 128 valence electrons. The fourth-order valence-corrected chi connectivity index (χ4v) is 3.59. The maximum atomic E-state index is 12.9. The van der Waals surface area contributed by atoms with Gasteiger partial charge in [-0.05, 0) is 50.0 Å². The van der Waals surface area contributed by atoms with Crippen molar-refractivity contribution >= 4 is 22.4 Å². The molecule has 1 aliphatic heterocycles. The minimum absolute atomic E-state index is 0.0572. The molecule has 6 heteroatoms. The molecule has 0 unspecified atom stereocenters. The van der Waals surface area contributed by atoms with Crippen LogP contribution in [-0.2, 0) is 17.8 Å². The van der Waals surface area contributed by atoms with Crippen molar-refractivity contribution < 1.29 is 9.18 Å². The molecule has 1 saturated heterocycles. The number of hydrogen-bond donors (Lipinski definition) is 1. The number of anilines is 1. The van der Waals surface area contributed by atoms with Gasteiger partial charge in [0.25, 0.3) is 0 Å². The quantitative estimate of drug-likeness (QED) is 0.863. The summed E-state index contributed by atoms with van der Waals surface area (Å²) in [5.41, 5.74) is 1.98. The lowest BCUT2D eigenvalue weighted by atomic mass is 10.1. The number of carbonyl (C=O) groups excluding carboxylic acids is 1. The second kappa shape index (κ2) is 8.35. The van der Waals surface area contributed by atoms with Crippen LogP contribution in [0.3, 0.4) is 0 Å². The first-order chi connectivity index (χ1) is 11.7. The Morgan fingerprint density at radius 1 is 1.21 bits per heavy atom. The van der Waals surface area contributed by atoms with Gasteiger partial charge in [-0.1, -0.05) is 18.6 Å². The van der Waals surface area contributed by atoms with Crippen LogP contribution < -0.4 is 5.32 Å². The fraction of sp³-hybridized carbons (Fsp3) is 0.444. The van der Waals surface area contributed by atoms with E-state index in [1.807, 2.05) is 5.38 Å². The van der Waals surface area contributed by atoms with E-state index < -0.39 is 0 Å². The zero-order valence-corrected chi connectivity index (χ0v) is 14.4. The number of nitrogens with zero attached hydrogens (tertiary/aromatic N) is 2. The summed E-state index contributed by atoms with van der Waals surface area (Å²) in [4.78, 5) is 18.9. The Kier molecular flexibility index (Phi) is 5.93. The Balaban J connectivity index is 1.45. The summed E-state index contributed by atoms with van der Waals surface area (Å²) in [7, 11) is 0. The molecule has 1 aromatic heterocycles. The Morgan fingerprint density at radius 3 is 2.71 bits per heavy atom. The summed E-state index contributed by atoms with van der Waals surface area (Å²) >= 11 is 1.47. The van der Waals surface area contributed by atoms with E-state index in [4.69, 9.17) is 0 Å². The summed E-state index contributed by atoms with van der Waals surface area (Å²) in [6.45, 7) is 3.13. The van der Waals surface area contributed by atoms with Gasteiger partial charge in [-0.3, -0.25) is 9.69 Å². The van der Waals surface area contributed by atoms with Crippen molar-refractivity contribution in [3.8, 4) is 0 Å². The molecule has 0 bridgehead atoms. The molecular formula is C18H22FN3OS. The first-order valence-electron chi connectivity index (χ1n) is 8.40. The number of amides is 1. The predicted molar refractivity (Wildman–Crippen MR) is 94.6 cm³/mol. The number of aromatic nitrogens is 1. The third-order valence-corrected chi connectivity index (χ3v) is 4.99. The third-order valence-electron chi connectivity index (χ3n) is 4.19. The average Bonchev–Trinajstić information content (AvgIpc) is 3.02. The van der Waals surface area contributed by atoms with Crippen LogP contribution in [0.4, 0.5) is 9.52 Å². The summed E-state index contributed by atoms with van der Waals surface area (Å²) in [6.07, 6.45) is 4.81. The fourth-order valence-electron chi connectivity index (χ4n) is 2.87. The van der Waals surface area contributed by atoms with Gasteiger partial charge < -0.3 is 5.32 Å². The second-order valence-corrected chi connectivity index (χ2v) is 7.01. The molecule has 0 aliphatic carbocycles. The standard InChI is InChI=1S/C18H22FN3OS/c19-15-7-4-14(5-8-15)6-9-17(23)21-18-20-16(13-24-18)12-22-10-2-1-3-11-22/h4-5,7-8,13H,1-3,6,9-12H2,(H,20,21,23). The highest BCUT2D eigenvalue weighted by Crippen LogP contribution is 2.19. The van der Waals surface area contributed by atoms with Crippen LogP contribution in [0.1, 0.15) is 36.9 Å². The van der Waals surface area contributed by atoms with Gasteiger partial charge >= 0.3 is 0 Å². The highest BCUT2D eigenvalue weighted by molar-refractivity contribution is 7.13. The van der Waals surface area contributed by atoms with Gasteiger partial charge in [-0.15, -0.1) is 11.3 Å². The molecule has 1 N–H and O–H groups in total. The first kappa shape index (κ1) is 17.0. The molecule has 4 nitrogen and oxygen atoms in total. The number of hydrogen-bond acceptors (Lipinski definition) is 4. The van der Waals surface area contributed by atoms with E-state index >= 15 is 0 Å². The highest BCUT2D eigenvalue weighted by atomic mass is 32.1. The van der Waals surface area contributed by atoms with Gasteiger partial charge in [0.2, 0.25) is 5.91 Å². The predicted octanol–water partition coefficient (Wildman–Crippen LogP) is 3.84. The van der Waals surface area contributed by atoms with Gasteiger partial charge in [0.05, 0.1) is 5.69 Å². The maximum Gasteiger partial charge on any atom is 0.226 e. The molecule has 0 spiro atoms. The number of nitrogens with one attached hydrogen (secondary N) is 1. The number of rotatable bonds is 6. The van der Waals surface area contributed by atoms with Crippen LogP contribution in [-0.4, -0.2) is 28.9 Å². The second-order valence-electron chi connectivity index (χ2n) is 6.16. The number of halogens is 1. The van der Waals surface area contributed by atoms with Crippen molar-refractivity contribution in [1.82, 2.24) is 9.88 Å². The molecule has 0 saturated carbocycles. The van der Waals surface area contributed by atoms with Gasteiger partial charge in [0, 0.05) is 18.3 Å². The van der Waals surface area contributed by atoms with Crippen LogP contribution in [0.5, 0.6) is 0 Å². The van der Waals surface area contributed by atoms with Crippen LogP contribution in [0.15, 0.2) is 29.6 Å². The van der Waals surface area contributed by atoms with Crippen LogP contribution in [0.25, 0.3) is 0 Å². The maximum absolute atomic E-state index is 12.9. The van der Waals surface area contributed by atoms with Crippen molar-refractivity contribution in [1.29, 1.82) is 0 Å². The van der Waals surface area contributed by atoms with E-state index in [1.165, 1.54) is 42.7 Å². The van der Waals surface area contributed by atoms with Crippen molar-refractivity contribution in [3.63, 3.8) is 0 Å². The lowest BCUT2D eigenvalue weighted by Crippen LogP contribution is -2.29. The van der Waals surface area contributed by atoms with Gasteiger partial charge in [0.15, 0.2) is 5.13 Å². The average molecular weight is 347 g/mol. The molecule has 2 aromatic rings. The van der Waals surface area contributed by atoms with E-state index in [-0.39, 0.29) is 11.7 Å². The molecular weight excluding hydrogens is 325 g/mol. The molecule has 1 aliphatic rings. The largest absolute Gasteiger partial charge is 0.302 e. The Labute approximate surface area is 145 Å². The highest BCUT2D eigenvalue weighted by Gasteiger charge is 2.13. The third kappa shape index (κ3) is 5.11. The Hall–Kier alpha value is -1.79. The smallest absolute Gasteiger partial charge is 0.226 e. The number of benzene rings is 1. The molecule has 1 aromatic carbocycles. The van der Waals surface area contributed by atoms with Crippen molar-refractivity contribution in [3.05, 3.63) is 46.7 Å². The van der Waals surface area contributed by atoms with Crippen molar-refractivity contribution in [2.24, 2.45) is 0 Å². The van der Waals surface area contributed by atoms with Crippen LogP contribution in [0.2, 0.25) is 0 Å². The Morgan fingerprint density at radius 2 is 1.96 bits per heavy atom. The molecule has 24 heavy (non-hydrogen) atoms. The monoisotopic (exact) mass is 347 g/mol. The van der Waals surface area contributed by atoms with E-state index in [0.717, 1.165) is 30.9 Å². The summed E-state index contributed by atoms with van der Waals surface area (Å²) in [5, 5.41) is 5.53. The van der Waals surface area contributed by atoms with Crippen molar-refractivity contribution in [2.75, 3.05) is 18.4 Å². The molecule has 0 radical (unpaired) electrons. The normalized spacial score (nSPS) is 15.4. The molecule has 1 fully saturated rings. The number of carbonyl (C=O) groups is 1. The number of thiazole rings is 1. The summed E-state index contributed by atoms with van der Waals surface area (Å²) < 4.78 is 12.9. The van der Waals surface area contributed by atoms with Crippen molar-refractivity contribution in [2.45, 2.75) is 38.6 Å². The molecule has 3 rings (SSSR count). The van der Waals surface area contributed by atoms with E-state index in [9.17, 15) is 9.18 Å². The van der Waals surface area contributed by atoms with E-state index in [1.54, 1.807) is 12.1 Å². The number of likely N-dealkylation sites (tertiary alicyclic amines) is 1. The molecule has 1 amide bonds. The Bertz CT molecular complexity index is 665. The minimum Gasteiger partial charge on any atom is -0.302 e. The molecule has 0 atom stereocenters. The minimum atomic E-state index is -0.257. The zero-order valence-electron chi connectivity index (χ0n) is 13.6. The topological polar surface area (TPSA) is 45.2 Å². The van der Waals surface area contributed by atoms with E-state index in [2.05, 4.69) is 15.2 Å². The lowest BCUT2D eigenvalue weighted by molar-refractivity contribution is -0.116. The molecule has 2 heterocycles. The first-order valence-corrected chi connectivity index (χ1v) is 9.28. The van der Waals surface area contributed by atoms with Crippen LogP contribution >= 0.6 is 11.3 Å². The number of aryl methyl sites for hydroxylation is 1. The van der Waals surface area contributed by atoms with Gasteiger partial charge in [-0.2, -0.15) is 0 Å². The van der Waals surface area contributed by atoms with Gasteiger partial charge in [0.1, 0.15) is 5.82 Å². The van der Waals surface area contributed by atoms with Crippen LogP contribution in [0, 0.1) is 5.82 Å². The SMILES string of the molecule is O=C(CCc1ccc(F)cc1)Nc1nc(CN2CCCCC2)cs1. The lowest BCUT2D eigenvalue weighted by Gasteiger charge is -2.25. The zero-order chi connectivity index (χ0) is 16.8. The summed E-state index contributed by atoms with van der Waals surface area (Å²) in [6, 6.07) is 6.26. The van der Waals surface area contributed by atoms with E-state index in [0.29, 0.717) is 18.0 Å². The van der Waals surface area contributed by atoms with Gasteiger partial charge in [-0.25, -0.2) is 9.37 Å².